The fraction of sp³-hybridized carbons (Fsp3) is 0.429. The third-order valence-electron chi connectivity index (χ3n) is 3.65. The molecule has 1 saturated carbocycles. The van der Waals surface area contributed by atoms with Gasteiger partial charge < -0.3 is 10.4 Å². The summed E-state index contributed by atoms with van der Waals surface area (Å²) in [5.74, 6) is -2.36. The molecule has 0 heterocycles. The van der Waals surface area contributed by atoms with E-state index in [0.717, 1.165) is 0 Å². The predicted octanol–water partition coefficient (Wildman–Crippen LogP) is 1.88. The molecule has 1 aliphatic rings. The number of nitro groups is 1. The van der Waals surface area contributed by atoms with Gasteiger partial charge in [-0.15, -0.1) is 0 Å². The van der Waals surface area contributed by atoms with Crippen molar-refractivity contribution in [2.45, 2.75) is 25.8 Å². The number of carboxylic acid groups (broad SMARTS) is 1. The van der Waals surface area contributed by atoms with E-state index >= 15 is 0 Å². The van der Waals surface area contributed by atoms with Gasteiger partial charge in [-0.2, -0.15) is 0 Å². The Hall–Kier alpha value is -2.44. The highest BCUT2D eigenvalue weighted by molar-refractivity contribution is 5.89. The van der Waals surface area contributed by atoms with Crippen molar-refractivity contribution >= 4 is 17.6 Å². The number of carbonyl (C=O) groups is 2. The van der Waals surface area contributed by atoms with Crippen LogP contribution >= 0.6 is 0 Å². The number of benzene rings is 1. The van der Waals surface area contributed by atoms with Crippen LogP contribution in [0.15, 0.2) is 24.3 Å². The Bertz CT molecular complexity index is 586. The average Bonchev–Trinajstić information content (AvgIpc) is 3.25. The van der Waals surface area contributed by atoms with Crippen LogP contribution in [0.4, 0.5) is 5.69 Å². The van der Waals surface area contributed by atoms with Gasteiger partial charge in [0.1, 0.15) is 0 Å². The first-order valence-corrected chi connectivity index (χ1v) is 6.71. The highest BCUT2D eigenvalue weighted by atomic mass is 16.6. The molecular weight excluding hydrogens is 276 g/mol. The first-order valence-electron chi connectivity index (χ1n) is 6.71. The molecule has 0 spiro atoms. The SMILES string of the molecule is CCC(NC(=O)C1CC1C(=O)O)c1cccc([N+](=O)[O-])c1. The molecular formula is C14H16N2O5. The number of hydrogen-bond acceptors (Lipinski definition) is 4. The van der Waals surface area contributed by atoms with Crippen molar-refractivity contribution in [3.63, 3.8) is 0 Å². The van der Waals surface area contributed by atoms with Gasteiger partial charge in [0, 0.05) is 12.1 Å². The maximum absolute atomic E-state index is 12.0. The Morgan fingerprint density at radius 2 is 2.19 bits per heavy atom. The van der Waals surface area contributed by atoms with Crippen LogP contribution in [-0.4, -0.2) is 21.9 Å². The minimum atomic E-state index is -0.960. The van der Waals surface area contributed by atoms with E-state index in [1.807, 2.05) is 6.92 Å². The molecule has 7 nitrogen and oxygen atoms in total. The van der Waals surface area contributed by atoms with Crippen molar-refractivity contribution in [2.24, 2.45) is 11.8 Å². The van der Waals surface area contributed by atoms with Crippen LogP contribution in [0.2, 0.25) is 0 Å². The zero-order valence-electron chi connectivity index (χ0n) is 11.5. The number of nitrogens with zero attached hydrogens (tertiary/aromatic N) is 1. The number of hydrogen-bond donors (Lipinski definition) is 2. The average molecular weight is 292 g/mol. The number of rotatable bonds is 6. The molecule has 1 amide bonds. The van der Waals surface area contributed by atoms with Gasteiger partial charge >= 0.3 is 5.97 Å². The summed E-state index contributed by atoms with van der Waals surface area (Å²) in [4.78, 5) is 33.0. The second-order valence-electron chi connectivity index (χ2n) is 5.11. The first-order chi connectivity index (χ1) is 9.93. The van der Waals surface area contributed by atoms with Gasteiger partial charge in [-0.25, -0.2) is 0 Å². The van der Waals surface area contributed by atoms with Crippen LogP contribution in [0.1, 0.15) is 31.4 Å². The van der Waals surface area contributed by atoms with Crippen LogP contribution < -0.4 is 5.32 Å². The topological polar surface area (TPSA) is 110 Å². The number of carbonyl (C=O) groups excluding carboxylic acids is 1. The fourth-order valence-corrected chi connectivity index (χ4v) is 2.31. The highest BCUT2D eigenvalue weighted by Gasteiger charge is 2.48. The van der Waals surface area contributed by atoms with Crippen LogP contribution in [0.3, 0.4) is 0 Å². The lowest BCUT2D eigenvalue weighted by atomic mass is 10.0. The summed E-state index contributed by atoms with van der Waals surface area (Å²) in [6, 6.07) is 5.74. The molecule has 0 saturated heterocycles. The second kappa shape index (κ2) is 5.90. The molecule has 21 heavy (non-hydrogen) atoms. The molecule has 3 unspecified atom stereocenters. The Kier molecular flexibility index (Phi) is 4.21. The van der Waals surface area contributed by atoms with Crippen molar-refractivity contribution < 1.29 is 19.6 Å². The molecule has 112 valence electrons. The van der Waals surface area contributed by atoms with E-state index in [-0.39, 0.29) is 17.6 Å². The van der Waals surface area contributed by atoms with Crippen LogP contribution in [-0.2, 0) is 9.59 Å². The fourth-order valence-electron chi connectivity index (χ4n) is 2.31. The summed E-state index contributed by atoms with van der Waals surface area (Å²) in [5.41, 5.74) is 0.614. The van der Waals surface area contributed by atoms with E-state index in [0.29, 0.717) is 18.4 Å². The number of amides is 1. The second-order valence-corrected chi connectivity index (χ2v) is 5.11. The molecule has 2 N–H and O–H groups in total. The summed E-state index contributed by atoms with van der Waals surface area (Å²) in [5, 5.41) is 22.4. The quantitative estimate of drug-likeness (QED) is 0.614. The molecule has 7 heteroatoms. The summed E-state index contributed by atoms with van der Waals surface area (Å²) >= 11 is 0. The minimum Gasteiger partial charge on any atom is -0.481 e. The molecule has 0 aliphatic heterocycles. The Morgan fingerprint density at radius 3 is 2.71 bits per heavy atom. The van der Waals surface area contributed by atoms with Crippen molar-refractivity contribution in [1.29, 1.82) is 0 Å². The number of nitrogens with one attached hydrogen (secondary N) is 1. The van der Waals surface area contributed by atoms with Crippen LogP contribution in [0, 0.1) is 22.0 Å². The lowest BCUT2D eigenvalue weighted by Gasteiger charge is -2.17. The monoisotopic (exact) mass is 292 g/mol. The van der Waals surface area contributed by atoms with Gasteiger partial charge in [-0.3, -0.25) is 19.7 Å². The maximum Gasteiger partial charge on any atom is 0.307 e. The molecule has 1 aromatic rings. The summed E-state index contributed by atoms with van der Waals surface area (Å²) in [7, 11) is 0. The van der Waals surface area contributed by atoms with Gasteiger partial charge in [-0.1, -0.05) is 19.1 Å². The molecule has 1 fully saturated rings. The number of nitro benzene ring substituents is 1. The Balaban J connectivity index is 2.06. The lowest BCUT2D eigenvalue weighted by Crippen LogP contribution is -2.30. The highest BCUT2D eigenvalue weighted by Crippen LogP contribution is 2.39. The molecule has 0 aromatic heterocycles. The van der Waals surface area contributed by atoms with E-state index < -0.39 is 22.7 Å². The minimum absolute atomic E-state index is 0.0324. The molecule has 1 aliphatic carbocycles. The van der Waals surface area contributed by atoms with Crippen LogP contribution in [0.5, 0.6) is 0 Å². The number of carboxylic acids is 1. The van der Waals surface area contributed by atoms with E-state index in [9.17, 15) is 19.7 Å². The maximum atomic E-state index is 12.0. The Labute approximate surface area is 121 Å². The largest absolute Gasteiger partial charge is 0.481 e. The smallest absolute Gasteiger partial charge is 0.307 e. The van der Waals surface area contributed by atoms with E-state index in [4.69, 9.17) is 5.11 Å². The summed E-state index contributed by atoms with van der Waals surface area (Å²) in [6.07, 6.45) is 0.921. The molecule has 3 atom stereocenters. The van der Waals surface area contributed by atoms with Crippen molar-refractivity contribution in [1.82, 2.24) is 5.32 Å². The van der Waals surface area contributed by atoms with Crippen molar-refractivity contribution in [2.75, 3.05) is 0 Å². The van der Waals surface area contributed by atoms with Crippen molar-refractivity contribution in [3.8, 4) is 0 Å². The zero-order chi connectivity index (χ0) is 15.6. The predicted molar refractivity (Wildman–Crippen MR) is 73.5 cm³/mol. The summed E-state index contributed by atoms with van der Waals surface area (Å²) in [6.45, 7) is 1.85. The third kappa shape index (κ3) is 3.36. The van der Waals surface area contributed by atoms with Gasteiger partial charge in [0.2, 0.25) is 5.91 Å². The van der Waals surface area contributed by atoms with Gasteiger partial charge in [0.05, 0.1) is 22.8 Å². The molecule has 0 bridgehead atoms. The van der Waals surface area contributed by atoms with E-state index in [1.54, 1.807) is 12.1 Å². The van der Waals surface area contributed by atoms with Crippen molar-refractivity contribution in [3.05, 3.63) is 39.9 Å². The lowest BCUT2D eigenvalue weighted by molar-refractivity contribution is -0.384. The molecule has 1 aromatic carbocycles. The standard InChI is InChI=1S/C14H16N2O5/c1-2-12(8-4-3-5-9(6-8)16(20)21)15-13(17)10-7-11(10)14(18)19/h3-6,10-12H,2,7H2,1H3,(H,15,17)(H,18,19). The van der Waals surface area contributed by atoms with E-state index in [2.05, 4.69) is 5.32 Å². The normalized spacial score (nSPS) is 21.4. The summed E-state index contributed by atoms with van der Waals surface area (Å²) < 4.78 is 0. The molecule has 0 radical (unpaired) electrons. The van der Waals surface area contributed by atoms with E-state index in [1.165, 1.54) is 12.1 Å². The van der Waals surface area contributed by atoms with Gasteiger partial charge in [-0.05, 0) is 18.4 Å². The Morgan fingerprint density at radius 1 is 1.48 bits per heavy atom. The van der Waals surface area contributed by atoms with Crippen LogP contribution in [0.25, 0.3) is 0 Å². The zero-order valence-corrected chi connectivity index (χ0v) is 11.5. The first kappa shape index (κ1) is 15.0. The molecule has 2 rings (SSSR count). The van der Waals surface area contributed by atoms with Gasteiger partial charge in [0.15, 0.2) is 0 Å². The number of aliphatic carboxylic acids is 1. The van der Waals surface area contributed by atoms with Gasteiger partial charge in [0.25, 0.3) is 5.69 Å². The third-order valence-corrected chi connectivity index (χ3v) is 3.65. The number of non-ortho nitro benzene ring substituents is 1.